The first-order valence-electron chi connectivity index (χ1n) is 9.61. The third-order valence-electron chi connectivity index (χ3n) is 5.17. The van der Waals surface area contributed by atoms with Crippen LogP contribution in [0.3, 0.4) is 0 Å². The zero-order chi connectivity index (χ0) is 20.1. The van der Waals surface area contributed by atoms with E-state index in [1.807, 2.05) is 41.3 Å². The van der Waals surface area contributed by atoms with Crippen molar-refractivity contribution in [1.82, 2.24) is 4.90 Å². The van der Waals surface area contributed by atoms with Gasteiger partial charge in [0, 0.05) is 41.8 Å². The number of nitrogens with one attached hydrogen (secondary N) is 1. The van der Waals surface area contributed by atoms with Crippen LogP contribution in [0, 0.1) is 0 Å². The van der Waals surface area contributed by atoms with Crippen molar-refractivity contribution in [1.29, 1.82) is 0 Å². The minimum Gasteiger partial charge on any atom is -0.331 e. The second-order valence-electron chi connectivity index (χ2n) is 7.36. The maximum atomic E-state index is 13.3. The highest BCUT2D eigenvalue weighted by Crippen LogP contribution is 2.28. The zero-order valence-electron chi connectivity index (χ0n) is 16.0. The Bertz CT molecular complexity index is 833. The van der Waals surface area contributed by atoms with Gasteiger partial charge in [0.25, 0.3) is 5.91 Å². The van der Waals surface area contributed by atoms with Crippen LogP contribution in [0.1, 0.15) is 48.5 Å². The SMILES string of the molecule is CC(=O)Nc1ccc(Cl)c(CN(C(=O)c2ccccc2)C2CCC(N)CC2)c1. The molecule has 0 heterocycles. The normalized spacial score (nSPS) is 19.1. The van der Waals surface area contributed by atoms with Crippen LogP contribution in [-0.2, 0) is 11.3 Å². The van der Waals surface area contributed by atoms with Crippen molar-refractivity contribution in [2.24, 2.45) is 5.73 Å². The number of rotatable bonds is 5. The summed E-state index contributed by atoms with van der Waals surface area (Å²) in [5, 5.41) is 3.35. The molecule has 0 aliphatic heterocycles. The van der Waals surface area contributed by atoms with Gasteiger partial charge in [-0.3, -0.25) is 9.59 Å². The number of halogens is 1. The molecule has 1 fully saturated rings. The fourth-order valence-corrected chi connectivity index (χ4v) is 3.86. The summed E-state index contributed by atoms with van der Waals surface area (Å²) in [5.41, 5.74) is 8.20. The molecule has 2 aromatic carbocycles. The van der Waals surface area contributed by atoms with Gasteiger partial charge in [0.15, 0.2) is 0 Å². The van der Waals surface area contributed by atoms with Crippen molar-refractivity contribution >= 4 is 29.1 Å². The van der Waals surface area contributed by atoms with Gasteiger partial charge in [0.05, 0.1) is 0 Å². The van der Waals surface area contributed by atoms with E-state index in [0.717, 1.165) is 31.2 Å². The van der Waals surface area contributed by atoms with E-state index < -0.39 is 0 Å². The van der Waals surface area contributed by atoms with E-state index in [9.17, 15) is 9.59 Å². The van der Waals surface area contributed by atoms with Crippen molar-refractivity contribution in [2.45, 2.75) is 51.2 Å². The lowest BCUT2D eigenvalue weighted by atomic mass is 9.90. The molecule has 28 heavy (non-hydrogen) atoms. The monoisotopic (exact) mass is 399 g/mol. The summed E-state index contributed by atoms with van der Waals surface area (Å²) in [5.74, 6) is -0.158. The molecular formula is C22H26ClN3O2. The Morgan fingerprint density at radius 1 is 1.11 bits per heavy atom. The summed E-state index contributed by atoms with van der Waals surface area (Å²) in [6.45, 7) is 1.85. The van der Waals surface area contributed by atoms with Crippen LogP contribution in [0.2, 0.25) is 5.02 Å². The summed E-state index contributed by atoms with van der Waals surface area (Å²) < 4.78 is 0. The summed E-state index contributed by atoms with van der Waals surface area (Å²) in [6, 6.07) is 15.0. The maximum Gasteiger partial charge on any atom is 0.254 e. The fourth-order valence-electron chi connectivity index (χ4n) is 3.69. The van der Waals surface area contributed by atoms with Gasteiger partial charge in [-0.25, -0.2) is 0 Å². The second kappa shape index (κ2) is 9.22. The molecule has 0 radical (unpaired) electrons. The van der Waals surface area contributed by atoms with E-state index in [1.54, 1.807) is 12.1 Å². The highest BCUT2D eigenvalue weighted by Gasteiger charge is 2.29. The first kappa shape index (κ1) is 20.4. The van der Waals surface area contributed by atoms with Crippen LogP contribution in [0.25, 0.3) is 0 Å². The first-order valence-corrected chi connectivity index (χ1v) is 9.99. The number of carbonyl (C=O) groups is 2. The van der Waals surface area contributed by atoms with Crippen molar-refractivity contribution in [3.05, 3.63) is 64.7 Å². The number of carbonyl (C=O) groups excluding carboxylic acids is 2. The van der Waals surface area contributed by atoms with E-state index in [1.165, 1.54) is 6.92 Å². The van der Waals surface area contributed by atoms with Gasteiger partial charge >= 0.3 is 0 Å². The lowest BCUT2D eigenvalue weighted by molar-refractivity contribution is -0.114. The number of benzene rings is 2. The molecule has 0 unspecified atom stereocenters. The molecule has 3 N–H and O–H groups in total. The van der Waals surface area contributed by atoms with Crippen molar-refractivity contribution in [2.75, 3.05) is 5.32 Å². The van der Waals surface area contributed by atoms with Crippen molar-refractivity contribution in [3.63, 3.8) is 0 Å². The third-order valence-corrected chi connectivity index (χ3v) is 5.54. The molecule has 0 bridgehead atoms. The Morgan fingerprint density at radius 2 is 1.79 bits per heavy atom. The summed E-state index contributed by atoms with van der Waals surface area (Å²) in [4.78, 5) is 26.6. The Balaban J connectivity index is 1.89. The summed E-state index contributed by atoms with van der Waals surface area (Å²) in [7, 11) is 0. The molecule has 3 rings (SSSR count). The summed E-state index contributed by atoms with van der Waals surface area (Å²) in [6.07, 6.45) is 3.57. The minimum atomic E-state index is -0.147. The zero-order valence-corrected chi connectivity index (χ0v) is 16.8. The average molecular weight is 400 g/mol. The Kier molecular flexibility index (Phi) is 6.70. The highest BCUT2D eigenvalue weighted by molar-refractivity contribution is 6.31. The Morgan fingerprint density at radius 3 is 2.43 bits per heavy atom. The highest BCUT2D eigenvalue weighted by atomic mass is 35.5. The van der Waals surface area contributed by atoms with Crippen molar-refractivity contribution in [3.8, 4) is 0 Å². The maximum absolute atomic E-state index is 13.3. The van der Waals surface area contributed by atoms with E-state index in [0.29, 0.717) is 22.8 Å². The molecule has 5 nitrogen and oxygen atoms in total. The van der Waals surface area contributed by atoms with E-state index in [2.05, 4.69) is 5.32 Å². The topological polar surface area (TPSA) is 75.4 Å². The molecule has 1 aliphatic carbocycles. The van der Waals surface area contributed by atoms with E-state index in [4.69, 9.17) is 17.3 Å². The van der Waals surface area contributed by atoms with Gasteiger partial charge in [0.2, 0.25) is 5.91 Å². The summed E-state index contributed by atoms with van der Waals surface area (Å²) >= 11 is 6.42. The number of amides is 2. The second-order valence-corrected chi connectivity index (χ2v) is 7.76. The minimum absolute atomic E-state index is 0.0120. The Labute approximate surface area is 170 Å². The van der Waals surface area contributed by atoms with Gasteiger partial charge in [-0.15, -0.1) is 0 Å². The molecule has 2 amide bonds. The van der Waals surface area contributed by atoms with Crippen LogP contribution in [-0.4, -0.2) is 28.8 Å². The largest absolute Gasteiger partial charge is 0.331 e. The molecule has 0 spiro atoms. The van der Waals surface area contributed by atoms with Gasteiger partial charge in [-0.05, 0) is 61.6 Å². The number of nitrogens with zero attached hydrogens (tertiary/aromatic N) is 1. The number of nitrogens with two attached hydrogens (primary N) is 1. The predicted molar refractivity (Wildman–Crippen MR) is 112 cm³/mol. The van der Waals surface area contributed by atoms with Gasteiger partial charge in [-0.1, -0.05) is 29.8 Å². The lowest BCUT2D eigenvalue weighted by Gasteiger charge is -2.36. The average Bonchev–Trinajstić information content (AvgIpc) is 2.69. The van der Waals surface area contributed by atoms with Crippen LogP contribution < -0.4 is 11.1 Å². The molecule has 0 atom stereocenters. The standard InChI is InChI=1S/C22H26ClN3O2/c1-15(27)25-19-9-12-21(23)17(13-19)14-26(20-10-7-18(24)8-11-20)22(28)16-5-3-2-4-6-16/h2-6,9,12-13,18,20H,7-8,10-11,14,24H2,1H3,(H,25,27). The smallest absolute Gasteiger partial charge is 0.254 e. The first-order chi connectivity index (χ1) is 13.4. The molecule has 1 aliphatic rings. The number of hydrogen-bond acceptors (Lipinski definition) is 3. The van der Waals surface area contributed by atoms with Gasteiger partial charge < -0.3 is 16.0 Å². The quantitative estimate of drug-likeness (QED) is 0.790. The van der Waals surface area contributed by atoms with Crippen LogP contribution in [0.4, 0.5) is 5.69 Å². The fraction of sp³-hybridized carbons (Fsp3) is 0.364. The molecule has 0 aromatic heterocycles. The van der Waals surface area contributed by atoms with Crippen molar-refractivity contribution < 1.29 is 9.59 Å². The van der Waals surface area contributed by atoms with Crippen LogP contribution in [0.15, 0.2) is 48.5 Å². The van der Waals surface area contributed by atoms with E-state index >= 15 is 0 Å². The van der Waals surface area contributed by atoms with Gasteiger partial charge in [-0.2, -0.15) is 0 Å². The molecule has 148 valence electrons. The number of hydrogen-bond donors (Lipinski definition) is 2. The third kappa shape index (κ3) is 5.12. The van der Waals surface area contributed by atoms with Crippen LogP contribution >= 0.6 is 11.6 Å². The van der Waals surface area contributed by atoms with Crippen LogP contribution in [0.5, 0.6) is 0 Å². The Hall–Kier alpha value is -2.37. The number of anilines is 1. The predicted octanol–water partition coefficient (Wildman–Crippen LogP) is 4.21. The lowest BCUT2D eigenvalue weighted by Crippen LogP contribution is -2.43. The molecular weight excluding hydrogens is 374 g/mol. The molecule has 0 saturated heterocycles. The van der Waals surface area contributed by atoms with E-state index in [-0.39, 0.29) is 23.9 Å². The molecule has 2 aromatic rings. The van der Waals surface area contributed by atoms with Gasteiger partial charge in [0.1, 0.15) is 0 Å². The molecule has 6 heteroatoms. The molecule has 1 saturated carbocycles.